The smallest absolute Gasteiger partial charge is 0.311 e. The molecule has 6 heteroatoms. The Labute approximate surface area is 227 Å². The summed E-state index contributed by atoms with van der Waals surface area (Å²) in [6.45, 7) is 5.74. The Kier molecular flexibility index (Phi) is 7.34. The molecule has 0 aromatic heterocycles. The molecular formula is C32H45NO5. The van der Waals surface area contributed by atoms with Crippen LogP contribution in [-0.4, -0.2) is 58.0 Å². The highest BCUT2D eigenvalue weighted by molar-refractivity contribution is 5.75. The van der Waals surface area contributed by atoms with Gasteiger partial charge in [-0.15, -0.1) is 6.58 Å². The van der Waals surface area contributed by atoms with Gasteiger partial charge in [-0.25, -0.2) is 0 Å². The van der Waals surface area contributed by atoms with Gasteiger partial charge in [-0.3, -0.25) is 9.69 Å². The van der Waals surface area contributed by atoms with Gasteiger partial charge in [-0.05, 0) is 81.9 Å². The van der Waals surface area contributed by atoms with Gasteiger partial charge >= 0.3 is 5.97 Å². The molecule has 2 bridgehead atoms. The lowest BCUT2D eigenvalue weighted by Crippen LogP contribution is -2.77. The van der Waals surface area contributed by atoms with Crippen molar-refractivity contribution >= 4 is 5.97 Å². The van der Waals surface area contributed by atoms with E-state index in [-0.39, 0.29) is 12.0 Å². The summed E-state index contributed by atoms with van der Waals surface area (Å²) in [4.78, 5) is 15.3. The average Bonchev–Trinajstić information content (AvgIpc) is 3.23. The van der Waals surface area contributed by atoms with Gasteiger partial charge in [0.25, 0.3) is 0 Å². The van der Waals surface area contributed by atoms with E-state index in [1.165, 1.54) is 44.1 Å². The monoisotopic (exact) mass is 523 g/mol. The van der Waals surface area contributed by atoms with Gasteiger partial charge in [0.2, 0.25) is 0 Å². The molecule has 2 saturated carbocycles. The van der Waals surface area contributed by atoms with Crippen LogP contribution in [-0.2, 0) is 16.6 Å². The summed E-state index contributed by atoms with van der Waals surface area (Å²) < 4.78 is 12.4. The molecule has 5 aliphatic rings. The van der Waals surface area contributed by atoms with Crippen molar-refractivity contribution in [2.24, 2.45) is 5.92 Å². The maximum Gasteiger partial charge on any atom is 0.311 e. The maximum atomic E-state index is 12.8. The number of aliphatic hydroxyl groups excluding tert-OH is 1. The topological polar surface area (TPSA) is 79.2 Å². The number of nitrogens with zero attached hydrogens (tertiary/aromatic N) is 1. The fourth-order valence-electron chi connectivity index (χ4n) is 8.34. The number of carbonyl (C=O) groups is 1. The number of unbranched alkanes of at least 4 members (excludes halogenated alkanes) is 6. The van der Waals surface area contributed by atoms with E-state index in [1.807, 2.05) is 12.1 Å². The molecule has 3 fully saturated rings. The van der Waals surface area contributed by atoms with Crippen LogP contribution in [0.4, 0.5) is 0 Å². The molecule has 2 aliphatic heterocycles. The number of esters is 1. The molecule has 0 amide bonds. The third-order valence-electron chi connectivity index (χ3n) is 10.5. The fourth-order valence-corrected chi connectivity index (χ4v) is 8.34. The SMILES string of the molecule is C=CCCCCCCCCC(=O)Oc1ccc2c3c1OC1C(O)CCC4(O)C(C2)N(CC2CCC2)CCC314. The zero-order valence-electron chi connectivity index (χ0n) is 22.8. The Morgan fingerprint density at radius 3 is 2.68 bits per heavy atom. The van der Waals surface area contributed by atoms with Crippen molar-refractivity contribution in [3.05, 3.63) is 35.9 Å². The van der Waals surface area contributed by atoms with Gasteiger partial charge in [0, 0.05) is 24.6 Å². The van der Waals surface area contributed by atoms with E-state index in [0.717, 1.165) is 63.1 Å². The number of carbonyl (C=O) groups excluding carboxylic acids is 1. The first kappa shape index (κ1) is 26.3. The summed E-state index contributed by atoms with van der Waals surface area (Å²) in [5.74, 6) is 1.55. The molecule has 38 heavy (non-hydrogen) atoms. The van der Waals surface area contributed by atoms with Crippen LogP contribution in [0.2, 0.25) is 0 Å². The lowest BCUT2D eigenvalue weighted by molar-refractivity contribution is -0.209. The first-order valence-corrected chi connectivity index (χ1v) is 15.3. The van der Waals surface area contributed by atoms with Gasteiger partial charge in [0.05, 0.1) is 17.1 Å². The van der Waals surface area contributed by atoms with Crippen molar-refractivity contribution in [1.29, 1.82) is 0 Å². The standard InChI is InChI=1S/C32H45NO5/c1-2-3-4-5-6-7-8-9-13-27(35)37-25-15-14-23-20-26-32(36)17-16-24(34)30-31(32,28(23)29(25)38-30)18-19-33(26)21-22-11-10-12-22/h2,14-15,22,24,26,30,34,36H,1,3-13,16-21H2. The van der Waals surface area contributed by atoms with E-state index in [4.69, 9.17) is 9.47 Å². The number of piperidine rings is 1. The predicted octanol–water partition coefficient (Wildman–Crippen LogP) is 5.21. The summed E-state index contributed by atoms with van der Waals surface area (Å²) in [5, 5.41) is 23.6. The Morgan fingerprint density at radius 2 is 1.92 bits per heavy atom. The molecule has 6 nitrogen and oxygen atoms in total. The molecule has 0 radical (unpaired) electrons. The van der Waals surface area contributed by atoms with Crippen molar-refractivity contribution < 1.29 is 24.5 Å². The molecular weight excluding hydrogens is 478 g/mol. The molecule has 5 atom stereocenters. The molecule has 1 saturated heterocycles. The Bertz CT molecular complexity index is 1050. The van der Waals surface area contributed by atoms with Crippen molar-refractivity contribution in [3.8, 4) is 11.5 Å². The van der Waals surface area contributed by atoms with E-state index >= 15 is 0 Å². The van der Waals surface area contributed by atoms with Gasteiger partial charge in [-0.1, -0.05) is 44.2 Å². The average molecular weight is 524 g/mol. The molecule has 6 rings (SSSR count). The second-order valence-corrected chi connectivity index (χ2v) is 12.7. The summed E-state index contributed by atoms with van der Waals surface area (Å²) in [7, 11) is 0. The van der Waals surface area contributed by atoms with Gasteiger partial charge in [-0.2, -0.15) is 0 Å². The molecule has 5 unspecified atom stereocenters. The zero-order valence-corrected chi connectivity index (χ0v) is 22.8. The number of ether oxygens (including phenoxy) is 2. The highest BCUT2D eigenvalue weighted by atomic mass is 16.6. The number of allylic oxidation sites excluding steroid dienone is 1. The Balaban J connectivity index is 1.18. The predicted molar refractivity (Wildman–Crippen MR) is 147 cm³/mol. The summed E-state index contributed by atoms with van der Waals surface area (Å²) in [5.41, 5.74) is 0.613. The van der Waals surface area contributed by atoms with Crippen molar-refractivity contribution in [3.63, 3.8) is 0 Å². The van der Waals surface area contributed by atoms with Crippen LogP contribution in [0.15, 0.2) is 24.8 Å². The number of rotatable bonds is 12. The Morgan fingerprint density at radius 1 is 1.13 bits per heavy atom. The van der Waals surface area contributed by atoms with E-state index in [0.29, 0.717) is 30.8 Å². The minimum absolute atomic E-state index is 0.0408. The van der Waals surface area contributed by atoms with Crippen molar-refractivity contribution in [2.45, 2.75) is 126 Å². The highest BCUT2D eigenvalue weighted by Crippen LogP contribution is 2.65. The molecule has 208 valence electrons. The second kappa shape index (κ2) is 10.6. The van der Waals surface area contributed by atoms with E-state index < -0.39 is 23.2 Å². The number of aliphatic hydroxyl groups is 2. The zero-order chi connectivity index (χ0) is 26.3. The van der Waals surface area contributed by atoms with Gasteiger partial charge in [0.15, 0.2) is 11.5 Å². The summed E-state index contributed by atoms with van der Waals surface area (Å²) in [6, 6.07) is 4.00. The lowest BCUT2D eigenvalue weighted by Gasteiger charge is -2.64. The van der Waals surface area contributed by atoms with E-state index in [9.17, 15) is 15.0 Å². The number of likely N-dealkylation sites (tertiary alicyclic amines) is 1. The molecule has 3 aliphatic carbocycles. The van der Waals surface area contributed by atoms with Gasteiger partial charge < -0.3 is 19.7 Å². The second-order valence-electron chi connectivity index (χ2n) is 12.7. The number of hydrogen-bond acceptors (Lipinski definition) is 6. The third kappa shape index (κ3) is 4.22. The van der Waals surface area contributed by atoms with Crippen LogP contribution in [0.25, 0.3) is 0 Å². The Hall–Kier alpha value is -1.89. The minimum Gasteiger partial charge on any atom is -0.482 e. The molecule has 2 N–H and O–H groups in total. The lowest BCUT2D eigenvalue weighted by atomic mass is 9.48. The quantitative estimate of drug-likeness (QED) is 0.169. The van der Waals surface area contributed by atoms with Crippen LogP contribution in [0.3, 0.4) is 0 Å². The van der Waals surface area contributed by atoms with Crippen LogP contribution < -0.4 is 9.47 Å². The molecule has 1 aromatic rings. The number of hydrogen-bond donors (Lipinski definition) is 2. The largest absolute Gasteiger partial charge is 0.482 e. The van der Waals surface area contributed by atoms with Crippen LogP contribution in [0, 0.1) is 5.92 Å². The van der Waals surface area contributed by atoms with E-state index in [1.54, 1.807) is 0 Å². The van der Waals surface area contributed by atoms with Crippen LogP contribution in [0.1, 0.15) is 101 Å². The van der Waals surface area contributed by atoms with E-state index in [2.05, 4.69) is 17.5 Å². The maximum absolute atomic E-state index is 12.8. The van der Waals surface area contributed by atoms with Crippen LogP contribution >= 0.6 is 0 Å². The van der Waals surface area contributed by atoms with Gasteiger partial charge in [0.1, 0.15) is 6.10 Å². The van der Waals surface area contributed by atoms with Crippen molar-refractivity contribution in [2.75, 3.05) is 13.1 Å². The van der Waals surface area contributed by atoms with Crippen molar-refractivity contribution in [1.82, 2.24) is 4.90 Å². The first-order valence-electron chi connectivity index (χ1n) is 15.3. The highest BCUT2D eigenvalue weighted by Gasteiger charge is 2.73. The first-order chi connectivity index (χ1) is 18.5. The number of benzene rings is 1. The summed E-state index contributed by atoms with van der Waals surface area (Å²) >= 11 is 0. The minimum atomic E-state index is -0.939. The normalized spacial score (nSPS) is 33.3. The molecule has 2 heterocycles. The molecule has 1 aromatic carbocycles. The van der Waals surface area contributed by atoms with Crippen LogP contribution in [0.5, 0.6) is 11.5 Å². The summed E-state index contributed by atoms with van der Waals surface area (Å²) in [6.07, 6.45) is 15.5. The molecule has 1 spiro atoms. The fraction of sp³-hybridized carbons (Fsp3) is 0.719. The third-order valence-corrected chi connectivity index (χ3v) is 10.5.